The highest BCUT2D eigenvalue weighted by molar-refractivity contribution is 5.40. The molecule has 0 bridgehead atoms. The molecule has 2 heterocycles. The molecule has 1 aromatic carbocycles. The van der Waals surface area contributed by atoms with Crippen LogP contribution in [0.25, 0.3) is 0 Å². The Bertz CT molecular complexity index is 840. The number of nitrogens with zero attached hydrogens (tertiary/aromatic N) is 3. The molecule has 0 saturated heterocycles. The number of hydrogen-bond donors (Lipinski definition) is 0. The van der Waals surface area contributed by atoms with Crippen molar-refractivity contribution >= 4 is 0 Å². The van der Waals surface area contributed by atoms with Gasteiger partial charge in [0, 0.05) is 31.9 Å². The van der Waals surface area contributed by atoms with Gasteiger partial charge in [0.2, 0.25) is 0 Å². The van der Waals surface area contributed by atoms with Crippen molar-refractivity contribution in [3.05, 3.63) is 65.6 Å². The SMILES string of the molecule is COc1ccc(OC)c(CN(Cc2ccco2)Cc2cnc(C)n2C)c1. The topological polar surface area (TPSA) is 52.7 Å². The van der Waals surface area contributed by atoms with Gasteiger partial charge < -0.3 is 18.5 Å². The van der Waals surface area contributed by atoms with E-state index in [1.54, 1.807) is 20.5 Å². The number of rotatable bonds is 8. The first-order valence-electron chi connectivity index (χ1n) is 8.53. The molecule has 26 heavy (non-hydrogen) atoms. The van der Waals surface area contributed by atoms with Crippen LogP contribution < -0.4 is 9.47 Å². The van der Waals surface area contributed by atoms with E-state index in [2.05, 4.69) is 14.5 Å². The zero-order valence-corrected chi connectivity index (χ0v) is 15.7. The molecule has 0 aliphatic carbocycles. The highest BCUT2D eigenvalue weighted by Gasteiger charge is 2.15. The second kappa shape index (κ2) is 8.10. The standard InChI is InChI=1S/C20H25N3O3/c1-15-21-11-17(22(15)2)13-23(14-19-6-5-9-26-19)12-16-10-18(24-3)7-8-20(16)25-4/h5-11H,12-14H2,1-4H3. The number of aromatic nitrogens is 2. The van der Waals surface area contributed by atoms with Gasteiger partial charge in [0.1, 0.15) is 23.1 Å². The number of hydrogen-bond acceptors (Lipinski definition) is 5. The molecule has 0 N–H and O–H groups in total. The van der Waals surface area contributed by atoms with E-state index in [0.29, 0.717) is 13.1 Å². The molecular formula is C20H25N3O3. The first-order valence-corrected chi connectivity index (χ1v) is 8.53. The van der Waals surface area contributed by atoms with Crippen molar-refractivity contribution in [1.82, 2.24) is 14.5 Å². The third kappa shape index (κ3) is 4.08. The molecule has 0 spiro atoms. The van der Waals surface area contributed by atoms with Gasteiger partial charge in [-0.15, -0.1) is 0 Å². The fraction of sp³-hybridized carbons (Fsp3) is 0.350. The van der Waals surface area contributed by atoms with Gasteiger partial charge in [-0.1, -0.05) is 0 Å². The van der Waals surface area contributed by atoms with Crippen LogP contribution in [0.4, 0.5) is 0 Å². The maximum atomic E-state index is 5.56. The summed E-state index contributed by atoms with van der Waals surface area (Å²) in [5, 5.41) is 0. The van der Waals surface area contributed by atoms with Crippen molar-refractivity contribution in [3.63, 3.8) is 0 Å². The lowest BCUT2D eigenvalue weighted by molar-refractivity contribution is 0.219. The zero-order chi connectivity index (χ0) is 18.5. The van der Waals surface area contributed by atoms with Crippen molar-refractivity contribution in [3.8, 4) is 11.5 Å². The maximum absolute atomic E-state index is 5.56. The molecule has 0 aliphatic rings. The lowest BCUT2D eigenvalue weighted by Crippen LogP contribution is -2.23. The van der Waals surface area contributed by atoms with Gasteiger partial charge in [0.25, 0.3) is 0 Å². The normalized spacial score (nSPS) is 11.1. The Morgan fingerprint density at radius 2 is 1.96 bits per heavy atom. The molecule has 0 atom stereocenters. The van der Waals surface area contributed by atoms with Gasteiger partial charge in [-0.05, 0) is 37.3 Å². The third-order valence-corrected chi connectivity index (χ3v) is 4.54. The Labute approximate surface area is 154 Å². The minimum Gasteiger partial charge on any atom is -0.497 e. The molecular weight excluding hydrogens is 330 g/mol. The fourth-order valence-corrected chi connectivity index (χ4v) is 2.96. The second-order valence-electron chi connectivity index (χ2n) is 6.26. The minimum atomic E-state index is 0.692. The average molecular weight is 355 g/mol. The highest BCUT2D eigenvalue weighted by atomic mass is 16.5. The van der Waals surface area contributed by atoms with Crippen molar-refractivity contribution in [2.75, 3.05) is 14.2 Å². The molecule has 6 nitrogen and oxygen atoms in total. The Morgan fingerprint density at radius 3 is 2.58 bits per heavy atom. The molecule has 0 unspecified atom stereocenters. The van der Waals surface area contributed by atoms with Crippen LogP contribution in [0.1, 0.15) is 22.8 Å². The van der Waals surface area contributed by atoms with Crippen LogP contribution in [0.2, 0.25) is 0 Å². The molecule has 138 valence electrons. The molecule has 3 rings (SSSR count). The van der Waals surface area contributed by atoms with Crippen LogP contribution in [0.15, 0.2) is 47.2 Å². The van der Waals surface area contributed by atoms with Gasteiger partial charge in [-0.2, -0.15) is 0 Å². The summed E-state index contributed by atoms with van der Waals surface area (Å²) in [4.78, 5) is 6.70. The monoisotopic (exact) mass is 355 g/mol. The van der Waals surface area contributed by atoms with Gasteiger partial charge in [0.15, 0.2) is 0 Å². The van der Waals surface area contributed by atoms with Gasteiger partial charge in [-0.25, -0.2) is 4.98 Å². The maximum Gasteiger partial charge on any atom is 0.123 e. The van der Waals surface area contributed by atoms with E-state index in [0.717, 1.165) is 40.9 Å². The van der Waals surface area contributed by atoms with Gasteiger partial charge in [0.05, 0.1) is 32.7 Å². The van der Waals surface area contributed by atoms with Crippen LogP contribution in [0, 0.1) is 6.92 Å². The Kier molecular flexibility index (Phi) is 5.63. The number of imidazole rings is 1. The molecule has 0 amide bonds. The lowest BCUT2D eigenvalue weighted by Gasteiger charge is -2.23. The third-order valence-electron chi connectivity index (χ3n) is 4.54. The molecule has 3 aromatic rings. The molecule has 0 radical (unpaired) electrons. The van der Waals surface area contributed by atoms with Crippen molar-refractivity contribution in [2.24, 2.45) is 7.05 Å². The van der Waals surface area contributed by atoms with Crippen LogP contribution in [0.3, 0.4) is 0 Å². The Balaban J connectivity index is 1.86. The number of benzene rings is 1. The van der Waals surface area contributed by atoms with Crippen molar-refractivity contribution < 1.29 is 13.9 Å². The fourth-order valence-electron chi connectivity index (χ4n) is 2.96. The zero-order valence-electron chi connectivity index (χ0n) is 15.7. The minimum absolute atomic E-state index is 0.692. The first-order chi connectivity index (χ1) is 12.6. The predicted molar refractivity (Wildman–Crippen MR) is 99.2 cm³/mol. The summed E-state index contributed by atoms with van der Waals surface area (Å²) in [5.41, 5.74) is 2.22. The summed E-state index contributed by atoms with van der Waals surface area (Å²) in [6.07, 6.45) is 3.63. The second-order valence-corrected chi connectivity index (χ2v) is 6.26. The molecule has 0 saturated carbocycles. The number of aryl methyl sites for hydroxylation is 1. The summed E-state index contributed by atoms with van der Waals surface area (Å²) < 4.78 is 18.6. The first kappa shape index (κ1) is 18.1. The van der Waals surface area contributed by atoms with Gasteiger partial charge >= 0.3 is 0 Å². The van der Waals surface area contributed by atoms with Crippen molar-refractivity contribution in [2.45, 2.75) is 26.6 Å². The van der Waals surface area contributed by atoms with Crippen LogP contribution in [-0.2, 0) is 26.7 Å². The highest BCUT2D eigenvalue weighted by Crippen LogP contribution is 2.26. The molecule has 2 aromatic heterocycles. The lowest BCUT2D eigenvalue weighted by atomic mass is 10.1. The predicted octanol–water partition coefficient (Wildman–Crippen LogP) is 3.54. The van der Waals surface area contributed by atoms with E-state index < -0.39 is 0 Å². The average Bonchev–Trinajstić information content (AvgIpc) is 3.27. The summed E-state index contributed by atoms with van der Waals surface area (Å²) >= 11 is 0. The van der Waals surface area contributed by atoms with Crippen molar-refractivity contribution in [1.29, 1.82) is 0 Å². The van der Waals surface area contributed by atoms with Crippen LogP contribution in [0.5, 0.6) is 11.5 Å². The molecule has 6 heteroatoms. The Morgan fingerprint density at radius 1 is 1.12 bits per heavy atom. The van der Waals surface area contributed by atoms with Gasteiger partial charge in [-0.3, -0.25) is 4.90 Å². The van der Waals surface area contributed by atoms with Crippen LogP contribution in [-0.4, -0.2) is 28.7 Å². The van der Waals surface area contributed by atoms with E-state index in [9.17, 15) is 0 Å². The van der Waals surface area contributed by atoms with E-state index in [-0.39, 0.29) is 0 Å². The summed E-state index contributed by atoms with van der Waals surface area (Å²) in [5.74, 6) is 3.58. The number of methoxy groups -OCH3 is 2. The smallest absolute Gasteiger partial charge is 0.123 e. The Hall–Kier alpha value is -2.73. The van der Waals surface area contributed by atoms with Crippen LogP contribution >= 0.6 is 0 Å². The quantitative estimate of drug-likeness (QED) is 0.619. The number of ether oxygens (including phenoxy) is 2. The van der Waals surface area contributed by atoms with E-state index in [1.807, 2.05) is 50.5 Å². The molecule has 0 aliphatic heterocycles. The summed E-state index contributed by atoms with van der Waals surface area (Å²) in [6, 6.07) is 9.76. The van der Waals surface area contributed by atoms with E-state index in [1.165, 1.54) is 0 Å². The number of furan rings is 1. The summed E-state index contributed by atoms with van der Waals surface area (Å²) in [7, 11) is 5.39. The van der Waals surface area contributed by atoms with E-state index >= 15 is 0 Å². The summed E-state index contributed by atoms with van der Waals surface area (Å²) in [6.45, 7) is 4.15. The largest absolute Gasteiger partial charge is 0.497 e. The molecule has 0 fully saturated rings. The van der Waals surface area contributed by atoms with E-state index in [4.69, 9.17) is 13.9 Å².